The topological polar surface area (TPSA) is 21.3 Å². The van der Waals surface area contributed by atoms with Crippen LogP contribution in [0, 0.1) is 5.82 Å². The number of unbranched alkanes of at least 4 members (excludes halogenated alkanes) is 3. The van der Waals surface area contributed by atoms with Crippen molar-refractivity contribution in [1.29, 1.82) is 0 Å². The minimum atomic E-state index is -0.248. The van der Waals surface area contributed by atoms with Gasteiger partial charge in [-0.2, -0.15) is 0 Å². The summed E-state index contributed by atoms with van der Waals surface area (Å²) in [7, 11) is 0. The Balaban J connectivity index is 0.00000312. The highest BCUT2D eigenvalue weighted by molar-refractivity contribution is 6.30. The van der Waals surface area contributed by atoms with Gasteiger partial charge in [0, 0.05) is 22.7 Å². The zero-order valence-electron chi connectivity index (χ0n) is 14.6. The molecule has 0 amide bonds. The molecular weight excluding hydrogens is 360 g/mol. The molecule has 5 heteroatoms. The number of benzene rings is 2. The van der Waals surface area contributed by atoms with Gasteiger partial charge >= 0.3 is 0 Å². The van der Waals surface area contributed by atoms with Crippen LogP contribution < -0.4 is 10.1 Å². The number of hydrogen-bond acceptors (Lipinski definition) is 2. The largest absolute Gasteiger partial charge is 0.488 e. The van der Waals surface area contributed by atoms with Crippen LogP contribution >= 0.6 is 24.0 Å². The zero-order chi connectivity index (χ0) is 17.2. The van der Waals surface area contributed by atoms with Crippen LogP contribution in [-0.2, 0) is 13.2 Å². The first-order chi connectivity index (χ1) is 11.7. The predicted molar refractivity (Wildman–Crippen MR) is 105 cm³/mol. The molecule has 0 aliphatic heterocycles. The maximum Gasteiger partial charge on any atom is 0.129 e. The third-order valence-electron chi connectivity index (χ3n) is 3.89. The van der Waals surface area contributed by atoms with Crippen molar-refractivity contribution in [3.05, 3.63) is 64.4 Å². The molecule has 0 fully saturated rings. The molecule has 0 heterocycles. The Labute approximate surface area is 161 Å². The van der Waals surface area contributed by atoms with E-state index in [9.17, 15) is 4.39 Å². The lowest BCUT2D eigenvalue weighted by atomic mass is 10.1. The highest BCUT2D eigenvalue weighted by Gasteiger charge is 2.07. The van der Waals surface area contributed by atoms with Crippen LogP contribution in [0.15, 0.2) is 42.5 Å². The second-order valence-electron chi connectivity index (χ2n) is 5.87. The van der Waals surface area contributed by atoms with Crippen LogP contribution in [0.1, 0.15) is 43.7 Å². The van der Waals surface area contributed by atoms with Crippen molar-refractivity contribution < 1.29 is 9.13 Å². The Morgan fingerprint density at radius 3 is 2.60 bits per heavy atom. The molecule has 138 valence electrons. The highest BCUT2D eigenvalue weighted by Crippen LogP contribution is 2.24. The first-order valence-corrected chi connectivity index (χ1v) is 8.94. The van der Waals surface area contributed by atoms with E-state index in [-0.39, 0.29) is 24.8 Å². The van der Waals surface area contributed by atoms with E-state index >= 15 is 0 Å². The SMILES string of the molecule is CCCCCCNCc1cc(Cl)ccc1OCc1ccccc1F.Cl. The van der Waals surface area contributed by atoms with Gasteiger partial charge in [0.15, 0.2) is 0 Å². The van der Waals surface area contributed by atoms with Gasteiger partial charge in [0.25, 0.3) is 0 Å². The first-order valence-electron chi connectivity index (χ1n) is 8.56. The molecule has 0 saturated heterocycles. The quantitative estimate of drug-likeness (QED) is 0.495. The summed E-state index contributed by atoms with van der Waals surface area (Å²) in [6.07, 6.45) is 4.92. The lowest BCUT2D eigenvalue weighted by molar-refractivity contribution is 0.296. The fourth-order valence-electron chi connectivity index (χ4n) is 2.50. The highest BCUT2D eigenvalue weighted by atomic mass is 35.5. The van der Waals surface area contributed by atoms with Gasteiger partial charge in [-0.05, 0) is 37.2 Å². The van der Waals surface area contributed by atoms with Gasteiger partial charge in [0.05, 0.1) is 0 Å². The fraction of sp³-hybridized carbons (Fsp3) is 0.400. The lowest BCUT2D eigenvalue weighted by Gasteiger charge is -2.13. The van der Waals surface area contributed by atoms with Gasteiger partial charge < -0.3 is 10.1 Å². The summed E-state index contributed by atoms with van der Waals surface area (Å²) in [6, 6.07) is 12.2. The first kappa shape index (κ1) is 21.8. The summed E-state index contributed by atoms with van der Waals surface area (Å²) < 4.78 is 19.5. The van der Waals surface area contributed by atoms with Crippen molar-refractivity contribution in [3.63, 3.8) is 0 Å². The fourth-order valence-corrected chi connectivity index (χ4v) is 2.69. The minimum Gasteiger partial charge on any atom is -0.488 e. The van der Waals surface area contributed by atoms with E-state index < -0.39 is 0 Å². The Kier molecular flexibility index (Phi) is 10.6. The van der Waals surface area contributed by atoms with Crippen LogP contribution in [0.25, 0.3) is 0 Å². The van der Waals surface area contributed by atoms with Crippen molar-refractivity contribution in [1.82, 2.24) is 5.32 Å². The summed E-state index contributed by atoms with van der Waals surface area (Å²) in [5, 5.41) is 4.10. The normalized spacial score (nSPS) is 10.4. The van der Waals surface area contributed by atoms with E-state index in [0.29, 0.717) is 17.1 Å². The molecule has 2 nitrogen and oxygen atoms in total. The van der Waals surface area contributed by atoms with Crippen molar-refractivity contribution in [2.75, 3.05) is 6.54 Å². The van der Waals surface area contributed by atoms with E-state index in [4.69, 9.17) is 16.3 Å². The molecule has 0 bridgehead atoms. The van der Waals surface area contributed by atoms with E-state index in [2.05, 4.69) is 12.2 Å². The molecule has 0 atom stereocenters. The molecule has 2 aromatic carbocycles. The average Bonchev–Trinajstić information content (AvgIpc) is 2.58. The molecule has 0 saturated carbocycles. The molecule has 0 aliphatic rings. The Morgan fingerprint density at radius 1 is 1.04 bits per heavy atom. The van der Waals surface area contributed by atoms with Gasteiger partial charge in [0.1, 0.15) is 18.2 Å². The van der Waals surface area contributed by atoms with Crippen molar-refractivity contribution in [2.45, 2.75) is 45.8 Å². The molecule has 0 aromatic heterocycles. The van der Waals surface area contributed by atoms with E-state index in [1.807, 2.05) is 18.2 Å². The van der Waals surface area contributed by atoms with E-state index in [1.165, 1.54) is 31.7 Å². The second kappa shape index (κ2) is 12.1. The summed E-state index contributed by atoms with van der Waals surface area (Å²) in [5.74, 6) is 0.491. The number of halogens is 3. The van der Waals surface area contributed by atoms with Gasteiger partial charge in [-0.15, -0.1) is 12.4 Å². The predicted octanol–water partition coefficient (Wildman–Crippen LogP) is 6.15. The number of ether oxygens (including phenoxy) is 1. The standard InChI is InChI=1S/C20H25ClFNO.ClH/c1-2-3-4-7-12-23-14-17-13-18(21)10-11-20(17)24-15-16-8-5-6-9-19(16)22;/h5-6,8-11,13,23H,2-4,7,12,14-15H2,1H3;1H. The molecule has 25 heavy (non-hydrogen) atoms. The summed E-state index contributed by atoms with van der Waals surface area (Å²) in [6.45, 7) is 4.08. The number of hydrogen-bond donors (Lipinski definition) is 1. The molecule has 0 radical (unpaired) electrons. The zero-order valence-corrected chi connectivity index (χ0v) is 16.1. The molecule has 2 rings (SSSR count). The summed E-state index contributed by atoms with van der Waals surface area (Å²) >= 11 is 6.10. The van der Waals surface area contributed by atoms with E-state index in [0.717, 1.165) is 17.9 Å². The molecule has 0 aliphatic carbocycles. The van der Waals surface area contributed by atoms with Gasteiger partial charge in [-0.25, -0.2) is 4.39 Å². The van der Waals surface area contributed by atoms with E-state index in [1.54, 1.807) is 18.2 Å². The van der Waals surface area contributed by atoms with Crippen LogP contribution in [0.4, 0.5) is 4.39 Å². The summed E-state index contributed by atoms with van der Waals surface area (Å²) in [5.41, 5.74) is 1.54. The van der Waals surface area contributed by atoms with Crippen LogP contribution in [0.5, 0.6) is 5.75 Å². The van der Waals surface area contributed by atoms with Crippen LogP contribution in [0.3, 0.4) is 0 Å². The van der Waals surface area contributed by atoms with Crippen molar-refractivity contribution >= 4 is 24.0 Å². The average molecular weight is 386 g/mol. The van der Waals surface area contributed by atoms with Crippen LogP contribution in [0.2, 0.25) is 5.02 Å². The number of nitrogens with one attached hydrogen (secondary N) is 1. The maximum atomic E-state index is 13.7. The maximum absolute atomic E-state index is 13.7. The third-order valence-corrected chi connectivity index (χ3v) is 4.12. The van der Waals surface area contributed by atoms with Crippen LogP contribution in [-0.4, -0.2) is 6.54 Å². The van der Waals surface area contributed by atoms with Gasteiger partial charge in [-0.1, -0.05) is 56.0 Å². The molecular formula is C20H26Cl2FNO. The Morgan fingerprint density at radius 2 is 1.84 bits per heavy atom. The van der Waals surface area contributed by atoms with Gasteiger partial charge in [0.2, 0.25) is 0 Å². The Hall–Kier alpha value is -1.29. The van der Waals surface area contributed by atoms with Gasteiger partial charge in [-0.3, -0.25) is 0 Å². The third kappa shape index (κ3) is 7.64. The van der Waals surface area contributed by atoms with Crippen molar-refractivity contribution in [2.24, 2.45) is 0 Å². The molecule has 0 spiro atoms. The Bertz CT molecular complexity index is 637. The monoisotopic (exact) mass is 385 g/mol. The van der Waals surface area contributed by atoms with Crippen molar-refractivity contribution in [3.8, 4) is 5.75 Å². The smallest absolute Gasteiger partial charge is 0.129 e. The molecule has 1 N–H and O–H groups in total. The molecule has 0 unspecified atom stereocenters. The minimum absolute atomic E-state index is 0. The number of rotatable bonds is 10. The lowest BCUT2D eigenvalue weighted by Crippen LogP contribution is -2.15. The summed E-state index contributed by atoms with van der Waals surface area (Å²) in [4.78, 5) is 0. The molecule has 2 aromatic rings. The second-order valence-corrected chi connectivity index (χ2v) is 6.31.